The van der Waals surface area contributed by atoms with Gasteiger partial charge in [0.2, 0.25) is 0 Å². The van der Waals surface area contributed by atoms with Crippen molar-refractivity contribution in [2.24, 2.45) is 11.3 Å². The van der Waals surface area contributed by atoms with Crippen LogP contribution in [-0.4, -0.2) is 29.8 Å². The molecule has 0 saturated heterocycles. The van der Waals surface area contributed by atoms with E-state index in [-0.39, 0.29) is 11.5 Å². The summed E-state index contributed by atoms with van der Waals surface area (Å²) in [6.07, 6.45) is -0.888. The number of carboxylic acids is 1. The van der Waals surface area contributed by atoms with Crippen LogP contribution >= 0.6 is 0 Å². The third-order valence-corrected chi connectivity index (χ3v) is 3.77. The molecule has 0 spiro atoms. The van der Waals surface area contributed by atoms with Gasteiger partial charge in [0, 0.05) is 12.6 Å². The van der Waals surface area contributed by atoms with E-state index in [0.717, 1.165) is 25.7 Å². The average molecular weight is 267 g/mol. The zero-order valence-electron chi connectivity index (χ0n) is 10.7. The van der Waals surface area contributed by atoms with Crippen LogP contribution in [0, 0.1) is 11.3 Å². The van der Waals surface area contributed by atoms with Gasteiger partial charge in [-0.25, -0.2) is 0 Å². The molecule has 0 aliphatic heterocycles. The van der Waals surface area contributed by atoms with Crippen molar-refractivity contribution in [2.45, 2.75) is 51.7 Å². The summed E-state index contributed by atoms with van der Waals surface area (Å²) >= 11 is 0. The molecule has 1 fully saturated rings. The maximum absolute atomic E-state index is 12.5. The summed E-state index contributed by atoms with van der Waals surface area (Å²) in [5.74, 6) is -4.14. The van der Waals surface area contributed by atoms with Crippen LogP contribution in [0.15, 0.2) is 0 Å². The molecule has 2 N–H and O–H groups in total. The van der Waals surface area contributed by atoms with E-state index in [1.54, 1.807) is 0 Å². The number of halogens is 3. The SMILES string of the molecule is CC1(C)CCCCC1NCC(C(=O)O)C(F)(F)F. The monoisotopic (exact) mass is 267 g/mol. The number of nitrogens with one attached hydrogen (secondary N) is 1. The van der Waals surface area contributed by atoms with Gasteiger partial charge < -0.3 is 10.4 Å². The Labute approximate surface area is 105 Å². The minimum absolute atomic E-state index is 0.0459. The van der Waals surface area contributed by atoms with Gasteiger partial charge >= 0.3 is 12.1 Å². The molecule has 2 atom stereocenters. The Balaban J connectivity index is 2.59. The molecule has 6 heteroatoms. The van der Waals surface area contributed by atoms with Crippen molar-refractivity contribution < 1.29 is 23.1 Å². The lowest BCUT2D eigenvalue weighted by Crippen LogP contribution is -2.49. The van der Waals surface area contributed by atoms with Gasteiger partial charge in [-0.15, -0.1) is 0 Å². The number of hydrogen-bond donors (Lipinski definition) is 2. The van der Waals surface area contributed by atoms with Crippen molar-refractivity contribution in [2.75, 3.05) is 6.54 Å². The third-order valence-electron chi connectivity index (χ3n) is 3.77. The fourth-order valence-electron chi connectivity index (χ4n) is 2.48. The van der Waals surface area contributed by atoms with Gasteiger partial charge in [-0.3, -0.25) is 4.79 Å². The minimum Gasteiger partial charge on any atom is -0.481 e. The zero-order valence-corrected chi connectivity index (χ0v) is 10.7. The van der Waals surface area contributed by atoms with Gasteiger partial charge in [0.15, 0.2) is 5.92 Å². The van der Waals surface area contributed by atoms with Crippen molar-refractivity contribution in [3.8, 4) is 0 Å². The summed E-state index contributed by atoms with van der Waals surface area (Å²) in [5.41, 5.74) is -0.0765. The smallest absolute Gasteiger partial charge is 0.403 e. The molecule has 1 aliphatic rings. The Morgan fingerprint density at radius 1 is 1.44 bits per heavy atom. The lowest BCUT2D eigenvalue weighted by molar-refractivity contribution is -0.193. The minimum atomic E-state index is -4.70. The molecule has 3 nitrogen and oxygen atoms in total. The summed E-state index contributed by atoms with van der Waals surface area (Å²) in [6, 6.07) is -0.0459. The van der Waals surface area contributed by atoms with E-state index in [9.17, 15) is 18.0 Å². The summed E-state index contributed by atoms with van der Waals surface area (Å²) in [4.78, 5) is 10.6. The first kappa shape index (κ1) is 15.3. The standard InChI is InChI=1S/C12H20F3NO2/c1-11(2)6-4-3-5-9(11)16-7-8(10(17)18)12(13,14)15/h8-9,16H,3-7H2,1-2H3,(H,17,18). The summed E-state index contributed by atoms with van der Waals surface area (Å²) in [6.45, 7) is 3.47. The second-order valence-corrected chi connectivity index (χ2v) is 5.63. The highest BCUT2D eigenvalue weighted by molar-refractivity contribution is 5.71. The Morgan fingerprint density at radius 3 is 2.50 bits per heavy atom. The highest BCUT2D eigenvalue weighted by Gasteiger charge is 2.45. The van der Waals surface area contributed by atoms with Crippen LogP contribution in [0.2, 0.25) is 0 Å². The molecular weight excluding hydrogens is 247 g/mol. The van der Waals surface area contributed by atoms with Gasteiger partial charge in [-0.05, 0) is 18.3 Å². The largest absolute Gasteiger partial charge is 0.481 e. The topological polar surface area (TPSA) is 49.3 Å². The first-order valence-electron chi connectivity index (χ1n) is 6.17. The van der Waals surface area contributed by atoms with Crippen LogP contribution in [-0.2, 0) is 4.79 Å². The summed E-state index contributed by atoms with van der Waals surface area (Å²) < 4.78 is 37.5. The first-order chi connectivity index (χ1) is 8.14. The second kappa shape index (κ2) is 5.47. The van der Waals surface area contributed by atoms with E-state index in [0.29, 0.717) is 0 Å². The number of alkyl halides is 3. The van der Waals surface area contributed by atoms with Crippen molar-refractivity contribution in [3.05, 3.63) is 0 Å². The van der Waals surface area contributed by atoms with Gasteiger partial charge in [0.05, 0.1) is 0 Å². The molecule has 0 radical (unpaired) electrons. The fraction of sp³-hybridized carbons (Fsp3) is 0.917. The van der Waals surface area contributed by atoms with Crippen LogP contribution < -0.4 is 5.32 Å². The third kappa shape index (κ3) is 3.86. The molecule has 0 bridgehead atoms. The Morgan fingerprint density at radius 2 is 2.06 bits per heavy atom. The number of hydrogen-bond acceptors (Lipinski definition) is 2. The number of carboxylic acid groups (broad SMARTS) is 1. The number of rotatable bonds is 4. The molecule has 2 unspecified atom stereocenters. The molecule has 1 aliphatic carbocycles. The number of carbonyl (C=O) groups is 1. The van der Waals surface area contributed by atoms with Crippen molar-refractivity contribution in [1.29, 1.82) is 0 Å². The Hall–Kier alpha value is -0.780. The molecule has 18 heavy (non-hydrogen) atoms. The Kier molecular flexibility index (Phi) is 4.64. The predicted octanol–water partition coefficient (Wildman–Crippen LogP) is 2.81. The van der Waals surface area contributed by atoms with E-state index in [4.69, 9.17) is 5.11 Å². The molecule has 0 amide bonds. The highest BCUT2D eigenvalue weighted by Crippen LogP contribution is 2.36. The first-order valence-corrected chi connectivity index (χ1v) is 6.17. The van der Waals surface area contributed by atoms with Gasteiger partial charge in [-0.1, -0.05) is 26.7 Å². The zero-order chi connectivity index (χ0) is 14.0. The van der Waals surface area contributed by atoms with Crippen molar-refractivity contribution in [3.63, 3.8) is 0 Å². The molecule has 0 aromatic rings. The molecule has 106 valence electrons. The van der Waals surface area contributed by atoms with E-state index in [2.05, 4.69) is 5.32 Å². The highest BCUT2D eigenvalue weighted by atomic mass is 19.4. The van der Waals surface area contributed by atoms with E-state index < -0.39 is 24.6 Å². The average Bonchev–Trinajstić information content (AvgIpc) is 2.17. The maximum atomic E-state index is 12.5. The van der Waals surface area contributed by atoms with Crippen molar-refractivity contribution >= 4 is 5.97 Å². The predicted molar refractivity (Wildman–Crippen MR) is 61.2 cm³/mol. The molecule has 0 aromatic heterocycles. The number of aliphatic carboxylic acids is 1. The van der Waals surface area contributed by atoms with Crippen LogP contribution in [0.3, 0.4) is 0 Å². The molecule has 1 rings (SSSR count). The lowest BCUT2D eigenvalue weighted by atomic mass is 9.73. The fourth-order valence-corrected chi connectivity index (χ4v) is 2.48. The van der Waals surface area contributed by atoms with Crippen LogP contribution in [0.1, 0.15) is 39.5 Å². The van der Waals surface area contributed by atoms with Gasteiger partial charge in [0.25, 0.3) is 0 Å². The van der Waals surface area contributed by atoms with Gasteiger partial charge in [-0.2, -0.15) is 13.2 Å². The van der Waals surface area contributed by atoms with Gasteiger partial charge in [0.1, 0.15) is 0 Å². The second-order valence-electron chi connectivity index (χ2n) is 5.63. The van der Waals surface area contributed by atoms with E-state index >= 15 is 0 Å². The normalized spacial score (nSPS) is 25.7. The van der Waals surface area contributed by atoms with E-state index in [1.807, 2.05) is 13.8 Å². The summed E-state index contributed by atoms with van der Waals surface area (Å²) in [7, 11) is 0. The van der Waals surface area contributed by atoms with Crippen molar-refractivity contribution in [1.82, 2.24) is 5.32 Å². The van der Waals surface area contributed by atoms with Crippen LogP contribution in [0.25, 0.3) is 0 Å². The van der Waals surface area contributed by atoms with E-state index in [1.165, 1.54) is 0 Å². The molecular formula is C12H20F3NO2. The van der Waals surface area contributed by atoms with Crippen LogP contribution in [0.5, 0.6) is 0 Å². The Bertz CT molecular complexity index is 302. The quantitative estimate of drug-likeness (QED) is 0.823. The lowest BCUT2D eigenvalue weighted by Gasteiger charge is -2.39. The van der Waals surface area contributed by atoms with Crippen LogP contribution in [0.4, 0.5) is 13.2 Å². The molecule has 0 aromatic carbocycles. The summed E-state index contributed by atoms with van der Waals surface area (Å²) in [5, 5.41) is 11.4. The molecule has 1 saturated carbocycles. The molecule has 0 heterocycles. The maximum Gasteiger partial charge on any atom is 0.403 e.